The minimum absolute atomic E-state index is 0.385. The number of aromatic nitrogens is 5. The van der Waals surface area contributed by atoms with Crippen LogP contribution in [0.3, 0.4) is 0 Å². The lowest BCUT2D eigenvalue weighted by atomic mass is 9.37. The summed E-state index contributed by atoms with van der Waals surface area (Å²) >= 11 is 0. The maximum Gasteiger partial charge on any atom is 0.302 e. The molecule has 14 rings (SSSR count). The summed E-state index contributed by atoms with van der Waals surface area (Å²) in [7, 11) is 0. The summed E-state index contributed by atoms with van der Waals surface area (Å²) in [5.74, 6) is 1.56. The second-order valence-electron chi connectivity index (χ2n) is 16.3. The maximum absolute atomic E-state index is 5.65. The van der Waals surface area contributed by atoms with Crippen LogP contribution in [-0.2, 0) is 0 Å². The average molecular weight is 790 g/mol. The highest BCUT2D eigenvalue weighted by Crippen LogP contribution is 2.45. The van der Waals surface area contributed by atoms with Crippen LogP contribution in [0.4, 0.5) is 34.4 Å². The van der Waals surface area contributed by atoms with E-state index in [0.717, 1.165) is 111 Å². The van der Waals surface area contributed by atoms with Gasteiger partial charge in [-0.3, -0.25) is 19.8 Å². The molecule has 0 atom stereocenters. The molecule has 0 N–H and O–H groups in total. The van der Waals surface area contributed by atoms with Crippen molar-refractivity contribution in [3.05, 3.63) is 194 Å². The molecule has 0 saturated carbocycles. The lowest BCUT2D eigenvalue weighted by Crippen LogP contribution is -2.63. The van der Waals surface area contributed by atoms with Gasteiger partial charge in [0.2, 0.25) is 0 Å². The molecule has 0 bridgehead atoms. The third kappa shape index (κ3) is 4.71. The SMILES string of the molecule is c1ccc(N2c3cc(-n4c5ccccc5c5ccccc54)cc4c3B(c3nc5cc6ccccc6cc5nc32)c2nc3cc5ccccc5cc3nc2N4c2ccccc2)cc1. The summed E-state index contributed by atoms with van der Waals surface area (Å²) in [6.07, 6.45) is 0. The third-order valence-electron chi connectivity index (χ3n) is 12.8. The Kier molecular flexibility index (Phi) is 6.79. The largest absolute Gasteiger partial charge is 0.309 e. The monoisotopic (exact) mass is 789 g/mol. The van der Waals surface area contributed by atoms with Gasteiger partial charge in [0.25, 0.3) is 0 Å². The van der Waals surface area contributed by atoms with Gasteiger partial charge in [0.15, 0.2) is 11.6 Å². The average Bonchev–Trinajstić information content (AvgIpc) is 3.66. The second kappa shape index (κ2) is 12.6. The van der Waals surface area contributed by atoms with Crippen LogP contribution in [0, 0.1) is 0 Å². The zero-order valence-electron chi connectivity index (χ0n) is 33.2. The predicted molar refractivity (Wildman–Crippen MR) is 256 cm³/mol. The van der Waals surface area contributed by atoms with E-state index in [1.54, 1.807) is 0 Å². The molecule has 0 fully saturated rings. The van der Waals surface area contributed by atoms with Crippen molar-refractivity contribution in [3.8, 4) is 5.69 Å². The molecule has 7 nitrogen and oxygen atoms in total. The minimum Gasteiger partial charge on any atom is -0.309 e. The molecular formula is C54H32BN7. The summed E-state index contributed by atoms with van der Waals surface area (Å²) in [4.78, 5) is 27.2. The molecule has 0 spiro atoms. The first-order valence-electron chi connectivity index (χ1n) is 21.0. The second-order valence-corrected chi connectivity index (χ2v) is 16.3. The zero-order chi connectivity index (χ0) is 40.5. The van der Waals surface area contributed by atoms with Gasteiger partial charge in [0, 0.05) is 33.5 Å². The quantitative estimate of drug-likeness (QED) is 0.131. The molecule has 8 heteroatoms. The Morgan fingerprint density at radius 2 is 0.710 bits per heavy atom. The van der Waals surface area contributed by atoms with Gasteiger partial charge in [-0.1, -0.05) is 121 Å². The summed E-state index contributed by atoms with van der Waals surface area (Å²) in [5.41, 5.74) is 13.5. The molecule has 286 valence electrons. The van der Waals surface area contributed by atoms with Gasteiger partial charge in [-0.05, 0) is 99.8 Å². The van der Waals surface area contributed by atoms with E-state index in [1.165, 1.54) is 10.8 Å². The lowest BCUT2D eigenvalue weighted by Gasteiger charge is -2.42. The molecule has 3 aromatic heterocycles. The number of benzene rings is 9. The van der Waals surface area contributed by atoms with Crippen molar-refractivity contribution >= 4 is 123 Å². The van der Waals surface area contributed by atoms with Crippen molar-refractivity contribution in [1.82, 2.24) is 24.5 Å². The molecule has 2 aliphatic rings. The number of rotatable bonds is 3. The van der Waals surface area contributed by atoms with Crippen molar-refractivity contribution in [1.29, 1.82) is 0 Å². The molecule has 0 unspecified atom stereocenters. The first kappa shape index (κ1) is 33.5. The molecule has 62 heavy (non-hydrogen) atoms. The standard InChI is InChI=1S/C54H32BN7/c1-3-19-37(20-4-1)61-48-31-39(60-46-25-13-11-23-40(46)41-24-12-14-26-47(41)60)32-49-50(48)55(51-53(61)58-44-29-35-17-9-7-15-33(35)27-42(44)56-51)52-54(62(49)38-21-5-2-6-22-38)59-45-30-36-18-10-8-16-34(36)28-43(45)57-52/h1-32H. The topological polar surface area (TPSA) is 63.0 Å². The van der Waals surface area contributed by atoms with Gasteiger partial charge in [0.05, 0.1) is 50.0 Å². The lowest BCUT2D eigenvalue weighted by molar-refractivity contribution is 1.13. The predicted octanol–water partition coefficient (Wildman–Crippen LogP) is 11.1. The van der Waals surface area contributed by atoms with E-state index in [-0.39, 0.29) is 6.71 Å². The Hall–Kier alpha value is -8.36. The molecule has 2 aliphatic heterocycles. The number of hydrogen-bond donors (Lipinski definition) is 0. The molecule has 5 heterocycles. The van der Waals surface area contributed by atoms with E-state index in [1.807, 2.05) is 0 Å². The Labute approximate surface area is 355 Å². The maximum atomic E-state index is 5.65. The Morgan fingerprint density at radius 1 is 0.339 bits per heavy atom. The molecule has 9 aromatic carbocycles. The van der Waals surface area contributed by atoms with Crippen LogP contribution < -0.4 is 26.4 Å². The van der Waals surface area contributed by atoms with E-state index in [9.17, 15) is 0 Å². The van der Waals surface area contributed by atoms with Crippen molar-refractivity contribution in [3.63, 3.8) is 0 Å². The number of fused-ring (bicyclic) bond motifs is 11. The van der Waals surface area contributed by atoms with Gasteiger partial charge in [-0.15, -0.1) is 0 Å². The van der Waals surface area contributed by atoms with Crippen LogP contribution in [0.2, 0.25) is 0 Å². The van der Waals surface area contributed by atoms with Crippen molar-refractivity contribution < 1.29 is 0 Å². The highest BCUT2D eigenvalue weighted by molar-refractivity contribution is 6.99. The fourth-order valence-electron chi connectivity index (χ4n) is 10.1. The Bertz CT molecular complexity index is 3600. The number of nitrogens with zero attached hydrogens (tertiary/aromatic N) is 7. The van der Waals surface area contributed by atoms with E-state index in [4.69, 9.17) is 19.9 Å². The van der Waals surface area contributed by atoms with Gasteiger partial charge in [-0.25, -0.2) is 9.97 Å². The fraction of sp³-hybridized carbons (Fsp3) is 0. The number of hydrogen-bond acceptors (Lipinski definition) is 6. The van der Waals surface area contributed by atoms with E-state index in [0.29, 0.717) is 0 Å². The molecular weight excluding hydrogens is 757 g/mol. The van der Waals surface area contributed by atoms with Crippen LogP contribution in [0.1, 0.15) is 0 Å². The van der Waals surface area contributed by atoms with E-state index < -0.39 is 0 Å². The molecule has 0 amide bonds. The highest BCUT2D eigenvalue weighted by Gasteiger charge is 2.47. The number of para-hydroxylation sites is 4. The van der Waals surface area contributed by atoms with E-state index >= 15 is 0 Å². The highest BCUT2D eigenvalue weighted by atomic mass is 15.3. The normalized spacial score (nSPS) is 13.1. The van der Waals surface area contributed by atoms with Gasteiger partial charge in [-0.2, -0.15) is 0 Å². The summed E-state index contributed by atoms with van der Waals surface area (Å²) in [6.45, 7) is -0.385. The Morgan fingerprint density at radius 3 is 1.15 bits per heavy atom. The van der Waals surface area contributed by atoms with Gasteiger partial charge in [0.1, 0.15) is 0 Å². The summed E-state index contributed by atoms with van der Waals surface area (Å²) in [5, 5.41) is 6.91. The smallest absolute Gasteiger partial charge is 0.302 e. The van der Waals surface area contributed by atoms with Gasteiger partial charge >= 0.3 is 6.71 Å². The summed E-state index contributed by atoms with van der Waals surface area (Å²) in [6, 6.07) is 68.9. The van der Waals surface area contributed by atoms with Crippen LogP contribution in [0.15, 0.2) is 194 Å². The van der Waals surface area contributed by atoms with Crippen LogP contribution in [-0.4, -0.2) is 31.2 Å². The zero-order valence-corrected chi connectivity index (χ0v) is 33.2. The molecule has 12 aromatic rings. The summed E-state index contributed by atoms with van der Waals surface area (Å²) < 4.78 is 2.41. The van der Waals surface area contributed by atoms with Gasteiger partial charge < -0.3 is 4.57 Å². The fourth-order valence-corrected chi connectivity index (χ4v) is 10.1. The third-order valence-corrected chi connectivity index (χ3v) is 12.8. The first-order valence-corrected chi connectivity index (χ1v) is 21.0. The first-order chi connectivity index (χ1) is 30.7. The minimum atomic E-state index is -0.385. The molecule has 0 saturated heterocycles. The molecule has 0 aliphatic carbocycles. The van der Waals surface area contributed by atoms with Crippen LogP contribution >= 0.6 is 0 Å². The van der Waals surface area contributed by atoms with E-state index in [2.05, 4.69) is 208 Å². The number of anilines is 6. The van der Waals surface area contributed by atoms with Crippen LogP contribution in [0.5, 0.6) is 0 Å². The van der Waals surface area contributed by atoms with Crippen molar-refractivity contribution in [2.75, 3.05) is 9.80 Å². The van der Waals surface area contributed by atoms with Crippen LogP contribution in [0.25, 0.3) is 71.1 Å². The molecule has 0 radical (unpaired) electrons. The Balaban J connectivity index is 1.16. The van der Waals surface area contributed by atoms with Crippen molar-refractivity contribution in [2.45, 2.75) is 0 Å². The van der Waals surface area contributed by atoms with Crippen molar-refractivity contribution in [2.24, 2.45) is 0 Å².